The van der Waals surface area contributed by atoms with Crippen molar-refractivity contribution in [1.29, 1.82) is 0 Å². The Morgan fingerprint density at radius 1 is 1.30 bits per heavy atom. The van der Waals surface area contributed by atoms with Crippen molar-refractivity contribution in [2.45, 2.75) is 13.8 Å². The van der Waals surface area contributed by atoms with E-state index in [4.69, 9.17) is 4.42 Å². The van der Waals surface area contributed by atoms with Crippen molar-refractivity contribution in [1.82, 2.24) is 0 Å². The number of hydrogen-bond acceptors (Lipinski definition) is 2. The van der Waals surface area contributed by atoms with Crippen LogP contribution in [0.3, 0.4) is 0 Å². The zero-order valence-electron chi connectivity index (χ0n) is 6.91. The summed E-state index contributed by atoms with van der Waals surface area (Å²) in [6.07, 6.45) is 0. The van der Waals surface area contributed by atoms with Crippen LogP contribution < -0.4 is 9.94 Å². The van der Waals surface area contributed by atoms with Crippen LogP contribution in [0.2, 0.25) is 0 Å². The second-order valence-corrected chi connectivity index (χ2v) is 3.40. The summed E-state index contributed by atoms with van der Waals surface area (Å²) in [5.41, 5.74) is 2.54. The van der Waals surface area contributed by atoms with Crippen LogP contribution in [0.1, 0.15) is 11.1 Å². The maximum absolute atomic E-state index is 5.44. The Labute approximate surface area is 69.0 Å². The van der Waals surface area contributed by atoms with Gasteiger partial charge in [0, 0.05) is 17.2 Å². The molecule has 1 aromatic rings. The number of anilines is 1. The lowest BCUT2D eigenvalue weighted by molar-refractivity contribution is 0.615. The smallest absolute Gasteiger partial charge is 0.319 e. The molecule has 0 aliphatic carbocycles. The van der Waals surface area contributed by atoms with Crippen molar-refractivity contribution in [3.63, 3.8) is 0 Å². The molecule has 0 spiro atoms. The first kappa shape index (κ1) is 7.72. The second-order valence-electron chi connectivity index (χ2n) is 2.49. The molecule has 0 saturated heterocycles. The van der Waals surface area contributed by atoms with Gasteiger partial charge in [-0.05, 0) is 19.4 Å². The minimum atomic E-state index is 0.919. The Morgan fingerprint density at radius 2 is 1.90 bits per heavy atom. The van der Waals surface area contributed by atoms with Crippen LogP contribution in [0.25, 0.3) is 0 Å². The topological polar surface area (TPSA) is 25.2 Å². The van der Waals surface area contributed by atoms with Gasteiger partial charge in [-0.3, -0.25) is 0 Å². The highest BCUT2D eigenvalue weighted by Gasteiger charge is 2.06. The van der Waals surface area contributed by atoms with E-state index in [0.29, 0.717) is 0 Å². The van der Waals surface area contributed by atoms with Crippen LogP contribution >= 0.6 is 0 Å². The SMILES string of the molecule is CNc1o[c]([AlH2])c(C)c1C. The zero-order chi connectivity index (χ0) is 7.72. The molecular weight excluding hydrogens is 141 g/mol. The molecule has 0 unspecified atom stereocenters. The van der Waals surface area contributed by atoms with Gasteiger partial charge in [0.2, 0.25) is 0 Å². The zero-order valence-corrected chi connectivity index (χ0v) is 8.91. The van der Waals surface area contributed by atoms with Crippen LogP contribution in [-0.2, 0) is 0 Å². The first-order valence-electron chi connectivity index (χ1n) is 3.41. The van der Waals surface area contributed by atoms with E-state index in [0.717, 1.165) is 26.8 Å². The average molecular weight is 153 g/mol. The number of hydrogen-bond donors (Lipinski definition) is 1. The molecule has 54 valence electrons. The second kappa shape index (κ2) is 2.69. The fraction of sp³-hybridized carbons (Fsp3) is 0.429. The molecule has 0 aliphatic rings. The standard InChI is InChI=1S/C7H10NO.Al.2H/c1-5-4-9-7(8-3)6(5)2;;;/h8H,1-3H3;;;. The molecule has 1 aromatic heterocycles. The number of rotatable bonds is 1. The van der Waals surface area contributed by atoms with Crippen molar-refractivity contribution >= 4 is 26.8 Å². The van der Waals surface area contributed by atoms with E-state index >= 15 is 0 Å². The lowest BCUT2D eigenvalue weighted by atomic mass is 10.2. The van der Waals surface area contributed by atoms with E-state index in [9.17, 15) is 0 Å². The molecule has 3 heteroatoms. The maximum Gasteiger partial charge on any atom is 0.319 e. The normalized spacial score (nSPS) is 9.90. The van der Waals surface area contributed by atoms with Crippen LogP contribution in [0.5, 0.6) is 0 Å². The van der Waals surface area contributed by atoms with Gasteiger partial charge in [-0.15, -0.1) is 0 Å². The molecule has 10 heavy (non-hydrogen) atoms. The molecule has 0 atom stereocenters. The molecular formula is C7H12AlNO. The van der Waals surface area contributed by atoms with Crippen LogP contribution in [0, 0.1) is 13.8 Å². The van der Waals surface area contributed by atoms with Crippen molar-refractivity contribution in [2.75, 3.05) is 12.4 Å². The highest BCUT2D eigenvalue weighted by molar-refractivity contribution is 6.31. The molecule has 1 N–H and O–H groups in total. The summed E-state index contributed by atoms with van der Waals surface area (Å²) < 4.78 is 6.59. The van der Waals surface area contributed by atoms with Gasteiger partial charge >= 0.3 is 16.3 Å². The lowest BCUT2D eigenvalue weighted by Gasteiger charge is -1.93. The summed E-state index contributed by atoms with van der Waals surface area (Å²) in [7, 11) is 1.88. The number of nitrogens with one attached hydrogen (secondary N) is 1. The minimum Gasteiger partial charge on any atom is -0.465 e. The third-order valence-corrected chi connectivity index (χ3v) is 2.87. The van der Waals surface area contributed by atoms with Gasteiger partial charge in [0.1, 0.15) is 0 Å². The van der Waals surface area contributed by atoms with Gasteiger partial charge in [0.15, 0.2) is 5.88 Å². The summed E-state index contributed by atoms with van der Waals surface area (Å²) in [6, 6.07) is 0. The Bertz CT molecular complexity index is 242. The predicted octanol–water partition coefficient (Wildman–Crippen LogP) is 0.197. The molecule has 1 heterocycles. The average Bonchev–Trinajstić information content (AvgIpc) is 2.17. The van der Waals surface area contributed by atoms with Gasteiger partial charge in [0.05, 0.1) is 0 Å². The predicted molar refractivity (Wildman–Crippen MR) is 45.9 cm³/mol. The van der Waals surface area contributed by atoms with Gasteiger partial charge in [-0.1, -0.05) is 0 Å². The van der Waals surface area contributed by atoms with Crippen LogP contribution in [0.15, 0.2) is 4.42 Å². The Hall–Kier alpha value is -0.388. The number of furan rings is 1. The molecule has 0 bridgehead atoms. The first-order valence-corrected chi connectivity index (χ1v) is 4.41. The third kappa shape index (κ3) is 1.07. The molecule has 0 amide bonds. The van der Waals surface area contributed by atoms with E-state index < -0.39 is 0 Å². The summed E-state index contributed by atoms with van der Waals surface area (Å²) in [6.45, 7) is 4.17. The third-order valence-electron chi connectivity index (χ3n) is 1.91. The quantitative estimate of drug-likeness (QED) is 0.583. The Kier molecular flexibility index (Phi) is 2.08. The van der Waals surface area contributed by atoms with Crippen molar-refractivity contribution in [2.24, 2.45) is 0 Å². The molecule has 2 nitrogen and oxygen atoms in total. The summed E-state index contributed by atoms with van der Waals surface area (Å²) in [4.78, 5) is 0. The van der Waals surface area contributed by atoms with Gasteiger partial charge in [-0.2, -0.15) is 0 Å². The van der Waals surface area contributed by atoms with Crippen LogP contribution in [0.4, 0.5) is 5.88 Å². The monoisotopic (exact) mass is 153 g/mol. The van der Waals surface area contributed by atoms with Gasteiger partial charge in [-0.25, -0.2) is 0 Å². The summed E-state index contributed by atoms with van der Waals surface area (Å²) in [5, 5.41) is 3.01. The maximum atomic E-state index is 5.44. The molecule has 0 fully saturated rings. The van der Waals surface area contributed by atoms with E-state index in [2.05, 4.69) is 19.2 Å². The van der Waals surface area contributed by atoms with Crippen molar-refractivity contribution in [3.05, 3.63) is 11.1 Å². The molecule has 0 aliphatic heterocycles. The minimum absolute atomic E-state index is 0.919. The summed E-state index contributed by atoms with van der Waals surface area (Å²) in [5.74, 6) is 0.919. The van der Waals surface area contributed by atoms with E-state index in [1.54, 1.807) is 0 Å². The fourth-order valence-corrected chi connectivity index (χ4v) is 1.56. The van der Waals surface area contributed by atoms with Gasteiger partial charge < -0.3 is 9.73 Å². The van der Waals surface area contributed by atoms with Crippen LogP contribution in [-0.4, -0.2) is 23.3 Å². The Balaban J connectivity index is 3.17. The van der Waals surface area contributed by atoms with E-state index in [1.807, 2.05) is 7.05 Å². The fourth-order valence-electron chi connectivity index (χ4n) is 0.979. The Morgan fingerprint density at radius 3 is 2.10 bits per heavy atom. The van der Waals surface area contributed by atoms with E-state index in [-0.39, 0.29) is 0 Å². The molecule has 0 radical (unpaired) electrons. The van der Waals surface area contributed by atoms with Crippen molar-refractivity contribution in [3.8, 4) is 0 Å². The lowest BCUT2D eigenvalue weighted by Crippen LogP contribution is -2.00. The highest BCUT2D eigenvalue weighted by atomic mass is 27.0. The van der Waals surface area contributed by atoms with Crippen molar-refractivity contribution < 1.29 is 4.42 Å². The molecule has 0 saturated carbocycles. The molecule has 0 aromatic carbocycles. The largest absolute Gasteiger partial charge is 0.465 e. The highest BCUT2D eigenvalue weighted by Crippen LogP contribution is 2.16. The molecule has 1 rings (SSSR count). The summed E-state index contributed by atoms with van der Waals surface area (Å²) >= 11 is 0.993. The first-order chi connectivity index (χ1) is 4.66. The van der Waals surface area contributed by atoms with E-state index in [1.165, 1.54) is 11.1 Å². The van der Waals surface area contributed by atoms with Gasteiger partial charge in [0.25, 0.3) is 0 Å².